The molecule has 2 aromatic rings. The van der Waals surface area contributed by atoms with E-state index in [-0.39, 0.29) is 5.91 Å². The molecular formula is C18H18N4O. The third-order valence-corrected chi connectivity index (χ3v) is 4.29. The van der Waals surface area contributed by atoms with Crippen molar-refractivity contribution in [3.63, 3.8) is 0 Å². The first-order valence-electron chi connectivity index (χ1n) is 7.74. The number of nitrogens with one attached hydrogen (secondary N) is 1. The van der Waals surface area contributed by atoms with Crippen LogP contribution in [0.3, 0.4) is 0 Å². The van der Waals surface area contributed by atoms with Crippen molar-refractivity contribution in [3.8, 4) is 0 Å². The van der Waals surface area contributed by atoms with Crippen LogP contribution in [0.2, 0.25) is 0 Å². The van der Waals surface area contributed by atoms with Gasteiger partial charge < -0.3 is 16.0 Å². The summed E-state index contributed by atoms with van der Waals surface area (Å²) in [6.45, 7) is 3.36. The van der Waals surface area contributed by atoms with E-state index in [0.29, 0.717) is 13.1 Å². The molecule has 0 aromatic heterocycles. The summed E-state index contributed by atoms with van der Waals surface area (Å²) in [6.07, 6.45) is -0.871. The zero-order chi connectivity index (χ0) is 16.0. The number of anilines is 2. The summed E-state index contributed by atoms with van der Waals surface area (Å²) < 4.78 is 0. The lowest BCUT2D eigenvalue weighted by molar-refractivity contribution is -0.119. The number of rotatable bonds is 1. The second-order valence-corrected chi connectivity index (χ2v) is 5.91. The molecular weight excluding hydrogens is 288 g/mol. The molecule has 0 fully saturated rings. The lowest BCUT2D eigenvalue weighted by Crippen LogP contribution is -2.46. The summed E-state index contributed by atoms with van der Waals surface area (Å²) in [5.41, 5.74) is 11.8. The van der Waals surface area contributed by atoms with Gasteiger partial charge in [-0.15, -0.1) is 0 Å². The predicted octanol–water partition coefficient (Wildman–Crippen LogP) is 1.89. The van der Waals surface area contributed by atoms with Gasteiger partial charge in [0.15, 0.2) is 6.17 Å². The molecule has 23 heavy (non-hydrogen) atoms. The Labute approximate surface area is 134 Å². The minimum absolute atomic E-state index is 0.150. The lowest BCUT2D eigenvalue weighted by atomic mass is 9.97. The van der Waals surface area contributed by atoms with Gasteiger partial charge in [-0.25, -0.2) is 0 Å². The van der Waals surface area contributed by atoms with E-state index in [0.717, 1.165) is 33.8 Å². The van der Waals surface area contributed by atoms with Gasteiger partial charge in [-0.1, -0.05) is 35.9 Å². The molecule has 3 N–H and O–H groups in total. The fourth-order valence-corrected chi connectivity index (χ4v) is 3.25. The van der Waals surface area contributed by atoms with Crippen LogP contribution in [0.4, 0.5) is 11.4 Å². The van der Waals surface area contributed by atoms with Crippen molar-refractivity contribution in [2.45, 2.75) is 13.1 Å². The van der Waals surface area contributed by atoms with E-state index < -0.39 is 6.17 Å². The number of hydrogen-bond donors (Lipinski definition) is 2. The van der Waals surface area contributed by atoms with E-state index in [1.54, 1.807) is 4.90 Å². The highest BCUT2D eigenvalue weighted by atomic mass is 16.2. The number of nitrogens with zero attached hydrogens (tertiary/aromatic N) is 2. The van der Waals surface area contributed by atoms with E-state index in [1.165, 1.54) is 0 Å². The van der Waals surface area contributed by atoms with Crippen molar-refractivity contribution in [2.75, 3.05) is 23.3 Å². The highest BCUT2D eigenvalue weighted by Crippen LogP contribution is 2.36. The first-order chi connectivity index (χ1) is 11.1. The van der Waals surface area contributed by atoms with Crippen molar-refractivity contribution < 1.29 is 4.79 Å². The van der Waals surface area contributed by atoms with Gasteiger partial charge in [-0.05, 0) is 19.1 Å². The number of amides is 1. The SMILES string of the molecule is Cc1cccc(C2=NC(N)C(=O)N3CCNc4cccc2c43)c1. The molecule has 0 saturated heterocycles. The van der Waals surface area contributed by atoms with E-state index in [9.17, 15) is 4.79 Å². The Bertz CT molecular complexity index is 828. The molecule has 116 valence electrons. The largest absolute Gasteiger partial charge is 0.382 e. The summed E-state index contributed by atoms with van der Waals surface area (Å²) in [7, 11) is 0. The molecule has 5 nitrogen and oxygen atoms in total. The molecule has 2 aliphatic rings. The lowest BCUT2D eigenvalue weighted by Gasteiger charge is -2.31. The predicted molar refractivity (Wildman–Crippen MR) is 92.1 cm³/mol. The topological polar surface area (TPSA) is 70.7 Å². The highest BCUT2D eigenvalue weighted by Gasteiger charge is 2.33. The summed E-state index contributed by atoms with van der Waals surface area (Å²) >= 11 is 0. The zero-order valence-electron chi connectivity index (χ0n) is 12.9. The average molecular weight is 306 g/mol. The Morgan fingerprint density at radius 1 is 1.26 bits per heavy atom. The molecule has 0 saturated carbocycles. The van der Waals surface area contributed by atoms with Gasteiger partial charge in [0, 0.05) is 24.2 Å². The highest BCUT2D eigenvalue weighted by molar-refractivity contribution is 6.21. The van der Waals surface area contributed by atoms with Gasteiger partial charge in [-0.3, -0.25) is 9.79 Å². The number of carbonyl (C=O) groups excluding carboxylic acids is 1. The number of aliphatic imine (C=N–C) groups is 1. The zero-order valence-corrected chi connectivity index (χ0v) is 12.9. The number of carbonyl (C=O) groups is 1. The molecule has 2 heterocycles. The van der Waals surface area contributed by atoms with Gasteiger partial charge in [0.1, 0.15) is 0 Å². The fourth-order valence-electron chi connectivity index (χ4n) is 3.25. The van der Waals surface area contributed by atoms with Gasteiger partial charge >= 0.3 is 0 Å². The van der Waals surface area contributed by atoms with Gasteiger partial charge in [0.25, 0.3) is 5.91 Å². The number of hydrogen-bond acceptors (Lipinski definition) is 4. The number of benzene rings is 2. The maximum absolute atomic E-state index is 12.6. The third-order valence-electron chi connectivity index (χ3n) is 4.29. The van der Waals surface area contributed by atoms with Crippen molar-refractivity contribution >= 4 is 23.0 Å². The maximum atomic E-state index is 12.6. The van der Waals surface area contributed by atoms with Gasteiger partial charge in [-0.2, -0.15) is 0 Å². The normalized spacial score (nSPS) is 19.6. The number of para-hydroxylation sites is 1. The maximum Gasteiger partial charge on any atom is 0.266 e. The van der Waals surface area contributed by atoms with E-state index in [4.69, 9.17) is 5.73 Å². The molecule has 0 radical (unpaired) electrons. The average Bonchev–Trinajstić information content (AvgIpc) is 2.67. The van der Waals surface area contributed by atoms with Crippen molar-refractivity contribution in [1.29, 1.82) is 0 Å². The molecule has 1 amide bonds. The summed E-state index contributed by atoms with van der Waals surface area (Å²) in [4.78, 5) is 18.9. The number of aryl methyl sites for hydroxylation is 1. The van der Waals surface area contributed by atoms with Crippen LogP contribution >= 0.6 is 0 Å². The van der Waals surface area contributed by atoms with Crippen LogP contribution in [0, 0.1) is 6.92 Å². The molecule has 0 aliphatic carbocycles. The molecule has 0 spiro atoms. The molecule has 2 aliphatic heterocycles. The molecule has 5 heteroatoms. The van der Waals surface area contributed by atoms with Gasteiger partial charge in [0.05, 0.1) is 17.1 Å². The second-order valence-electron chi connectivity index (χ2n) is 5.91. The van der Waals surface area contributed by atoms with Crippen LogP contribution in [0.25, 0.3) is 0 Å². The molecule has 0 bridgehead atoms. The van der Waals surface area contributed by atoms with Crippen LogP contribution in [-0.2, 0) is 4.79 Å². The Hall–Kier alpha value is -2.66. The molecule has 4 rings (SSSR count). The van der Waals surface area contributed by atoms with Gasteiger partial charge in [0.2, 0.25) is 0 Å². The molecule has 1 unspecified atom stereocenters. The van der Waals surface area contributed by atoms with E-state index >= 15 is 0 Å². The molecule has 1 atom stereocenters. The first-order valence-corrected chi connectivity index (χ1v) is 7.74. The van der Waals surface area contributed by atoms with E-state index in [1.807, 2.05) is 43.3 Å². The standard InChI is InChI=1S/C18H18N4O/c1-11-4-2-5-12(10-11)15-13-6-3-7-14-16(13)22(9-8-20-14)18(23)17(19)21-15/h2-7,10,17,20H,8-9,19H2,1H3. The Morgan fingerprint density at radius 3 is 2.91 bits per heavy atom. The van der Waals surface area contributed by atoms with Crippen LogP contribution in [-0.4, -0.2) is 30.9 Å². The monoisotopic (exact) mass is 306 g/mol. The minimum Gasteiger partial charge on any atom is -0.382 e. The quantitative estimate of drug-likeness (QED) is 0.845. The first kappa shape index (κ1) is 14.0. The summed E-state index contributed by atoms with van der Waals surface area (Å²) in [5, 5.41) is 3.36. The Balaban J connectivity index is 1.99. The minimum atomic E-state index is -0.871. The Kier molecular flexibility index (Phi) is 3.16. The smallest absolute Gasteiger partial charge is 0.266 e. The van der Waals surface area contributed by atoms with Crippen LogP contribution < -0.4 is 16.0 Å². The van der Waals surface area contributed by atoms with E-state index in [2.05, 4.69) is 16.4 Å². The molecule has 2 aromatic carbocycles. The van der Waals surface area contributed by atoms with Crippen molar-refractivity contribution in [1.82, 2.24) is 0 Å². The number of nitrogens with two attached hydrogens (primary N) is 1. The Morgan fingerprint density at radius 2 is 2.09 bits per heavy atom. The van der Waals surface area contributed by atoms with Crippen LogP contribution in [0.15, 0.2) is 47.5 Å². The van der Waals surface area contributed by atoms with Crippen molar-refractivity contribution in [3.05, 3.63) is 59.2 Å². The third kappa shape index (κ3) is 2.21. The second kappa shape index (κ2) is 5.21. The van der Waals surface area contributed by atoms with Crippen LogP contribution in [0.1, 0.15) is 16.7 Å². The summed E-state index contributed by atoms with van der Waals surface area (Å²) in [6, 6.07) is 14.1. The summed E-state index contributed by atoms with van der Waals surface area (Å²) in [5.74, 6) is -0.150. The van der Waals surface area contributed by atoms with Crippen molar-refractivity contribution in [2.24, 2.45) is 10.7 Å². The fraction of sp³-hybridized carbons (Fsp3) is 0.222. The van der Waals surface area contributed by atoms with Crippen LogP contribution in [0.5, 0.6) is 0 Å².